The predicted molar refractivity (Wildman–Crippen MR) is 175 cm³/mol. The summed E-state index contributed by atoms with van der Waals surface area (Å²) >= 11 is 0. The molecule has 17 unspecified atom stereocenters. The summed E-state index contributed by atoms with van der Waals surface area (Å²) in [6, 6.07) is 0. The molecule has 8 rings (SSSR count). The first-order valence-electron chi connectivity index (χ1n) is 19.0. The van der Waals surface area contributed by atoms with Gasteiger partial charge in [0.15, 0.2) is 0 Å². The van der Waals surface area contributed by atoms with Crippen molar-refractivity contribution in [3.05, 3.63) is 0 Å². The topological polar surface area (TPSA) is 153 Å². The molecule has 3 aliphatic heterocycles. The molecule has 13 heteroatoms. The first-order valence-corrected chi connectivity index (χ1v) is 19.0. The number of aliphatic hydroxyl groups excluding tert-OH is 2. The summed E-state index contributed by atoms with van der Waals surface area (Å²) in [6.45, 7) is 14.0. The van der Waals surface area contributed by atoms with E-state index >= 15 is 0 Å². The molecule has 3 saturated heterocycles. The molecule has 5 saturated carbocycles. The molecule has 13 nitrogen and oxygen atoms in total. The maximum Gasteiger partial charge on any atom is 0.103 e. The zero-order valence-electron chi connectivity index (χ0n) is 30.9. The number of fused-ring (bicyclic) bond motifs is 3. The molecule has 2 bridgehead atoms. The second-order valence-electron chi connectivity index (χ2n) is 16.9. The zero-order chi connectivity index (χ0) is 35.5. The Balaban J connectivity index is 1.07. The zero-order valence-corrected chi connectivity index (χ0v) is 30.9. The van der Waals surface area contributed by atoms with Crippen molar-refractivity contribution in [1.29, 1.82) is 0 Å². The van der Waals surface area contributed by atoms with Crippen LogP contribution in [0.2, 0.25) is 0 Å². The molecular weight excluding hydrogens is 652 g/mol. The normalized spacial score (nSPS) is 55.6. The van der Waals surface area contributed by atoms with Crippen LogP contribution in [0.15, 0.2) is 0 Å². The molecule has 8 aliphatic rings. The molecule has 0 spiro atoms. The van der Waals surface area contributed by atoms with Crippen LogP contribution in [-0.4, -0.2) is 162 Å². The Hall–Kier alpha value is -0.520. The third kappa shape index (κ3) is 3.93. The van der Waals surface area contributed by atoms with Crippen LogP contribution in [0.5, 0.6) is 0 Å². The van der Waals surface area contributed by atoms with Crippen LogP contribution in [0.4, 0.5) is 0 Å². The van der Waals surface area contributed by atoms with Crippen molar-refractivity contribution in [3.8, 4) is 0 Å². The second-order valence-corrected chi connectivity index (χ2v) is 16.9. The first kappa shape index (κ1) is 36.5. The second kappa shape index (κ2) is 12.2. The summed E-state index contributed by atoms with van der Waals surface area (Å²) < 4.78 is 63.3. The molecule has 0 radical (unpaired) electrons. The molecule has 17 atom stereocenters. The van der Waals surface area contributed by atoms with Crippen LogP contribution in [0.25, 0.3) is 0 Å². The molecule has 0 aromatic heterocycles. The molecule has 286 valence electrons. The largest absolute Gasteiger partial charge is 0.394 e. The third-order valence-corrected chi connectivity index (χ3v) is 15.3. The minimum atomic E-state index is -1.03. The van der Waals surface area contributed by atoms with Crippen molar-refractivity contribution in [3.63, 3.8) is 0 Å². The molecule has 0 amide bonds. The van der Waals surface area contributed by atoms with E-state index < -0.39 is 45.3 Å². The molecule has 0 aromatic rings. The van der Waals surface area contributed by atoms with E-state index in [0.717, 1.165) is 0 Å². The van der Waals surface area contributed by atoms with Gasteiger partial charge in [-0.15, -0.1) is 0 Å². The monoisotopic (exact) mass is 712 g/mol. The lowest BCUT2D eigenvalue weighted by Crippen LogP contribution is -3.05. The van der Waals surface area contributed by atoms with E-state index in [1.807, 2.05) is 20.8 Å². The van der Waals surface area contributed by atoms with Gasteiger partial charge >= 0.3 is 0 Å². The Labute approximate surface area is 295 Å². The molecule has 3 heterocycles. The van der Waals surface area contributed by atoms with Gasteiger partial charge in [-0.1, -0.05) is 13.8 Å². The molecule has 8 fully saturated rings. The lowest BCUT2D eigenvalue weighted by atomic mass is 9.20. The quantitative estimate of drug-likeness (QED) is 0.154. The molecule has 50 heavy (non-hydrogen) atoms. The number of aliphatic hydroxyl groups is 3. The van der Waals surface area contributed by atoms with Gasteiger partial charge in [-0.25, -0.2) is 0 Å². The number of rotatable bonds is 20. The standard InChI is InChI=1S/C37H60O13/c1-8-43-13-14-45-19-34-16-33(22(34)25-31(4,28(42-7)29(34)49-25)27(24(33)39)47-12-11-38)18-46-20-35-17-36(48-10-3)23-26(41-6)32(5,37(23,40)30(35)36)21(50-35)15-44-9-2/h21-30,38-40H,8-20H2,1-7H3. The van der Waals surface area contributed by atoms with Gasteiger partial charge in [-0.05, 0) is 27.2 Å². The van der Waals surface area contributed by atoms with Crippen LogP contribution in [0.1, 0.15) is 47.5 Å². The van der Waals surface area contributed by atoms with E-state index in [1.54, 1.807) is 14.2 Å². The lowest BCUT2D eigenvalue weighted by molar-refractivity contribution is -0.565. The third-order valence-electron chi connectivity index (χ3n) is 15.3. The van der Waals surface area contributed by atoms with Crippen molar-refractivity contribution in [1.82, 2.24) is 0 Å². The van der Waals surface area contributed by atoms with E-state index in [2.05, 4.69) is 13.8 Å². The predicted octanol–water partition coefficient (Wildman–Crippen LogP) is 0.968. The summed E-state index contributed by atoms with van der Waals surface area (Å²) in [6.07, 6.45) is -1.72. The first-order chi connectivity index (χ1) is 24.0. The van der Waals surface area contributed by atoms with Gasteiger partial charge in [0, 0.05) is 63.1 Å². The van der Waals surface area contributed by atoms with Gasteiger partial charge in [-0.2, -0.15) is 0 Å². The number of hydrogen-bond acceptors (Lipinski definition) is 13. The number of methoxy groups -OCH3 is 2. The number of ether oxygens (including phenoxy) is 10. The van der Waals surface area contributed by atoms with Crippen LogP contribution in [-0.2, 0) is 47.4 Å². The fraction of sp³-hybridized carbons (Fsp3) is 1.00. The maximum absolute atomic E-state index is 12.5. The Morgan fingerprint density at radius 2 is 1.48 bits per heavy atom. The fourth-order valence-corrected chi connectivity index (χ4v) is 13.9. The fourth-order valence-electron chi connectivity index (χ4n) is 13.9. The summed E-state index contributed by atoms with van der Waals surface area (Å²) in [7, 11) is 3.40. The Bertz CT molecular complexity index is 1290. The minimum Gasteiger partial charge on any atom is -0.394 e. The maximum atomic E-state index is 12.5. The Morgan fingerprint density at radius 3 is 2.16 bits per heavy atom. The van der Waals surface area contributed by atoms with E-state index in [1.165, 1.54) is 0 Å². The van der Waals surface area contributed by atoms with Crippen LogP contribution < -0.4 is 0 Å². The minimum absolute atomic E-state index is 0.0542. The van der Waals surface area contributed by atoms with Crippen molar-refractivity contribution >= 4 is 0 Å². The van der Waals surface area contributed by atoms with Crippen molar-refractivity contribution < 1.29 is 62.7 Å². The molecule has 3 N–H and O–H groups in total. The summed E-state index contributed by atoms with van der Waals surface area (Å²) in [5.41, 5.74) is -4.64. The molecule has 5 aliphatic carbocycles. The summed E-state index contributed by atoms with van der Waals surface area (Å²) in [5, 5.41) is 34.7. The van der Waals surface area contributed by atoms with E-state index in [4.69, 9.17) is 47.4 Å². The highest BCUT2D eigenvalue weighted by molar-refractivity contribution is 5.48. The van der Waals surface area contributed by atoms with Crippen molar-refractivity contribution in [2.24, 2.45) is 39.4 Å². The van der Waals surface area contributed by atoms with Gasteiger partial charge in [0.05, 0.1) is 124 Å². The average Bonchev–Trinajstić information content (AvgIpc) is 3.52. The van der Waals surface area contributed by atoms with Gasteiger partial charge < -0.3 is 62.7 Å². The summed E-state index contributed by atoms with van der Waals surface area (Å²) in [5.74, 6) is -0.472. The molecule has 0 aromatic carbocycles. The van der Waals surface area contributed by atoms with Crippen LogP contribution in [0.3, 0.4) is 0 Å². The Morgan fingerprint density at radius 1 is 0.760 bits per heavy atom. The van der Waals surface area contributed by atoms with Gasteiger partial charge in [0.1, 0.15) is 5.60 Å². The highest BCUT2D eigenvalue weighted by atomic mass is 16.6. The van der Waals surface area contributed by atoms with E-state index in [0.29, 0.717) is 59.1 Å². The van der Waals surface area contributed by atoms with E-state index in [9.17, 15) is 15.3 Å². The Kier molecular flexibility index (Phi) is 8.93. The SMILES string of the molecule is CCOCCOCC12CC3(COCC45CC6(OCC)C7C(OC)C(C)(C(COCC)O4)C7(O)C56)C(O)C(OCCO)C4(C)C(OC)C1OC4C32. The average molecular weight is 713 g/mol. The number of hydrogen-bond donors (Lipinski definition) is 3. The van der Waals surface area contributed by atoms with Gasteiger partial charge in [0.2, 0.25) is 0 Å². The van der Waals surface area contributed by atoms with Crippen molar-refractivity contribution in [2.75, 3.05) is 86.9 Å². The highest BCUT2D eigenvalue weighted by Gasteiger charge is 2.99. The van der Waals surface area contributed by atoms with Crippen LogP contribution in [0, 0.1) is 39.4 Å². The highest BCUT2D eigenvalue weighted by Crippen LogP contribution is 2.86. The smallest absolute Gasteiger partial charge is 0.103 e. The molecular formula is C37H60O13. The van der Waals surface area contributed by atoms with Gasteiger partial charge in [0.25, 0.3) is 0 Å². The lowest BCUT2D eigenvalue weighted by Gasteiger charge is -2.91. The van der Waals surface area contributed by atoms with Crippen molar-refractivity contribution in [2.45, 2.75) is 107 Å². The van der Waals surface area contributed by atoms with Crippen LogP contribution >= 0.6 is 0 Å². The van der Waals surface area contributed by atoms with E-state index in [-0.39, 0.29) is 80.1 Å². The van der Waals surface area contributed by atoms with Gasteiger partial charge in [-0.3, -0.25) is 0 Å². The summed E-state index contributed by atoms with van der Waals surface area (Å²) in [4.78, 5) is 0.